The van der Waals surface area contributed by atoms with Gasteiger partial charge in [0.25, 0.3) is 0 Å². The van der Waals surface area contributed by atoms with E-state index in [0.29, 0.717) is 5.56 Å². The van der Waals surface area contributed by atoms with Crippen LogP contribution in [0.4, 0.5) is 0 Å². The van der Waals surface area contributed by atoms with Gasteiger partial charge < -0.3 is 8.81 Å². The molecule has 0 atom stereocenters. The molecule has 82 valence electrons. The summed E-state index contributed by atoms with van der Waals surface area (Å²) < 4.78 is 18.9. The van der Waals surface area contributed by atoms with Crippen molar-refractivity contribution < 1.29 is 23.2 Å². The van der Waals surface area contributed by atoms with Crippen molar-refractivity contribution in [3.8, 4) is 0 Å². The van der Waals surface area contributed by atoms with Gasteiger partial charge in [0.15, 0.2) is 5.76 Å². The quantitative estimate of drug-likeness (QED) is 0.633. The Kier molecular flexibility index (Phi) is 4.17. The van der Waals surface area contributed by atoms with Crippen molar-refractivity contribution in [2.75, 3.05) is 0 Å². The molecule has 0 amide bonds. The van der Waals surface area contributed by atoms with Crippen molar-refractivity contribution in [3.63, 3.8) is 0 Å². The first-order chi connectivity index (χ1) is 7.03. The predicted molar refractivity (Wildman–Crippen MR) is 54.5 cm³/mol. The average molecular weight is 251 g/mol. The Bertz CT molecular complexity index is 385. The van der Waals surface area contributed by atoms with Gasteiger partial charge in [0.2, 0.25) is 0 Å². The van der Waals surface area contributed by atoms with Crippen LogP contribution in [-0.4, -0.2) is 9.79 Å². The first-order valence-corrected chi connectivity index (χ1v) is 5.65. The first-order valence-electron chi connectivity index (χ1n) is 3.81. The maximum atomic E-state index is 10.4. The number of phosphoric acid groups is 1. The highest BCUT2D eigenvalue weighted by Crippen LogP contribution is 2.37. The molecule has 0 aliphatic rings. The Morgan fingerprint density at radius 1 is 1.33 bits per heavy atom. The van der Waals surface area contributed by atoms with E-state index in [1.165, 1.54) is 0 Å². The van der Waals surface area contributed by atoms with E-state index >= 15 is 0 Å². The van der Waals surface area contributed by atoms with Gasteiger partial charge in [0.1, 0.15) is 18.1 Å². The lowest BCUT2D eigenvalue weighted by Gasteiger charge is -2.05. The highest BCUT2D eigenvalue weighted by atomic mass is 35.5. The van der Waals surface area contributed by atoms with E-state index < -0.39 is 7.82 Å². The largest absolute Gasteiger partial charge is 0.524 e. The van der Waals surface area contributed by atoms with Gasteiger partial charge in [-0.05, 0) is 0 Å². The normalized spacial score (nSPS) is 12.3. The zero-order valence-electron chi connectivity index (χ0n) is 7.41. The Morgan fingerprint density at radius 2 is 1.93 bits per heavy atom. The fraction of sp³-hybridized carbons (Fsp3) is 0. The van der Waals surface area contributed by atoms with E-state index in [9.17, 15) is 4.57 Å². The maximum Gasteiger partial charge on any atom is 0.524 e. The molecule has 0 saturated carbocycles. The van der Waals surface area contributed by atoms with Gasteiger partial charge >= 0.3 is 7.82 Å². The molecular formula is C8H8ClO5P. The molecule has 7 heteroatoms. The Balaban J connectivity index is 2.85. The van der Waals surface area contributed by atoms with Crippen LogP contribution in [0, 0.1) is 0 Å². The number of hydrogen-bond acceptors (Lipinski definition) is 3. The van der Waals surface area contributed by atoms with Gasteiger partial charge in [-0.1, -0.05) is 30.3 Å². The van der Waals surface area contributed by atoms with E-state index in [4.69, 9.17) is 21.7 Å². The third-order valence-corrected chi connectivity index (χ3v) is 1.98. The zero-order chi connectivity index (χ0) is 11.3. The number of halogens is 1. The van der Waals surface area contributed by atoms with E-state index in [-0.39, 0.29) is 5.76 Å². The molecule has 0 saturated heterocycles. The molecular weight excluding hydrogens is 243 g/mol. The highest BCUT2D eigenvalue weighted by molar-refractivity contribution is 7.46. The van der Waals surface area contributed by atoms with Crippen LogP contribution < -0.4 is 0 Å². The second-order valence-electron chi connectivity index (χ2n) is 2.52. The molecule has 0 radical (unpaired) electrons. The van der Waals surface area contributed by atoms with Crippen molar-refractivity contribution >= 4 is 25.4 Å². The van der Waals surface area contributed by atoms with Gasteiger partial charge in [-0.25, -0.2) is 4.57 Å². The lowest BCUT2D eigenvalue weighted by atomic mass is 10.2. The molecule has 0 aliphatic heterocycles. The molecule has 1 rings (SSSR count). The van der Waals surface area contributed by atoms with E-state index in [1.54, 1.807) is 30.3 Å². The maximum absolute atomic E-state index is 10.4. The summed E-state index contributed by atoms with van der Waals surface area (Å²) in [5.74, 6) is 0.0144. The van der Waals surface area contributed by atoms with E-state index in [0.717, 1.165) is 6.26 Å². The third-order valence-electron chi connectivity index (χ3n) is 1.44. The summed E-state index contributed by atoms with van der Waals surface area (Å²) in [5, 5.41) is 0. The molecule has 0 aromatic heterocycles. The zero-order valence-corrected chi connectivity index (χ0v) is 9.06. The number of phosphoric ester groups is 1. The van der Waals surface area contributed by atoms with Crippen LogP contribution in [-0.2, 0) is 13.4 Å². The minimum atomic E-state index is -4.57. The summed E-state index contributed by atoms with van der Waals surface area (Å²) in [5.41, 5.74) is 0.543. The Hall–Kier alpha value is -1.00. The van der Waals surface area contributed by atoms with Crippen molar-refractivity contribution in [2.45, 2.75) is 0 Å². The predicted octanol–water partition coefficient (Wildman–Crippen LogP) is 2.26. The smallest absolute Gasteiger partial charge is 0.408 e. The molecule has 15 heavy (non-hydrogen) atoms. The molecule has 0 bridgehead atoms. The lowest BCUT2D eigenvalue weighted by molar-refractivity contribution is 0.256. The number of rotatable bonds is 4. The molecule has 0 unspecified atom stereocenters. The molecule has 5 nitrogen and oxygen atoms in total. The third kappa shape index (κ3) is 4.36. The second-order valence-corrected chi connectivity index (χ2v) is 3.87. The van der Waals surface area contributed by atoms with Crippen LogP contribution in [0.25, 0.3) is 5.76 Å². The van der Waals surface area contributed by atoms with Gasteiger partial charge in [-0.3, -0.25) is 9.79 Å². The monoisotopic (exact) mass is 250 g/mol. The summed E-state index contributed by atoms with van der Waals surface area (Å²) in [4.78, 5) is 16.9. The van der Waals surface area contributed by atoms with Gasteiger partial charge in [-0.2, -0.15) is 0 Å². The Labute approximate surface area is 91.3 Å². The number of benzene rings is 1. The van der Waals surface area contributed by atoms with Crippen LogP contribution in [0.5, 0.6) is 0 Å². The van der Waals surface area contributed by atoms with Crippen LogP contribution in [0.15, 0.2) is 36.6 Å². The Morgan fingerprint density at radius 3 is 2.40 bits per heavy atom. The molecule has 1 aromatic carbocycles. The molecule has 0 fully saturated rings. The average Bonchev–Trinajstić information content (AvgIpc) is 2.19. The molecule has 0 spiro atoms. The standard InChI is InChI=1S/C8H8ClO5P/c9-14-8(6-13-15(10,11)12)7-4-2-1-3-5-7/h1-6H,(H2,10,11,12). The summed E-state index contributed by atoms with van der Waals surface area (Å²) in [6.07, 6.45) is 0.767. The molecule has 0 heterocycles. The first kappa shape index (κ1) is 12.1. The highest BCUT2D eigenvalue weighted by Gasteiger charge is 2.14. The summed E-state index contributed by atoms with van der Waals surface area (Å²) in [6, 6.07) is 8.51. The second kappa shape index (κ2) is 5.19. The fourth-order valence-electron chi connectivity index (χ4n) is 0.850. The minimum Gasteiger partial charge on any atom is -0.408 e. The van der Waals surface area contributed by atoms with Crippen LogP contribution in [0.2, 0.25) is 0 Å². The number of hydrogen-bond donors (Lipinski definition) is 2. The van der Waals surface area contributed by atoms with Crippen molar-refractivity contribution in [3.05, 3.63) is 42.2 Å². The van der Waals surface area contributed by atoms with Gasteiger partial charge in [0, 0.05) is 5.56 Å². The van der Waals surface area contributed by atoms with Crippen molar-refractivity contribution in [2.24, 2.45) is 0 Å². The summed E-state index contributed by atoms with van der Waals surface area (Å²) in [6.45, 7) is 0. The molecule has 2 N–H and O–H groups in total. The fourth-order valence-corrected chi connectivity index (χ4v) is 1.21. The van der Waals surface area contributed by atoms with Crippen LogP contribution in [0.3, 0.4) is 0 Å². The topological polar surface area (TPSA) is 76.0 Å². The van der Waals surface area contributed by atoms with Crippen LogP contribution >= 0.6 is 19.7 Å². The van der Waals surface area contributed by atoms with Gasteiger partial charge in [-0.15, -0.1) is 0 Å². The summed E-state index contributed by atoms with van der Waals surface area (Å²) in [7, 11) is -4.57. The minimum absolute atomic E-state index is 0.0144. The van der Waals surface area contributed by atoms with Crippen molar-refractivity contribution in [1.82, 2.24) is 0 Å². The van der Waals surface area contributed by atoms with E-state index in [2.05, 4.69) is 8.81 Å². The lowest BCUT2D eigenvalue weighted by Crippen LogP contribution is -1.86. The molecule has 1 aromatic rings. The molecule has 0 aliphatic carbocycles. The SMILES string of the molecule is O=P(O)(O)OC=C(OCl)c1ccccc1. The van der Waals surface area contributed by atoms with E-state index in [1.807, 2.05) is 0 Å². The van der Waals surface area contributed by atoms with Gasteiger partial charge in [0.05, 0.1) is 0 Å². The van der Waals surface area contributed by atoms with Crippen LogP contribution in [0.1, 0.15) is 5.56 Å². The summed E-state index contributed by atoms with van der Waals surface area (Å²) >= 11 is 5.13. The van der Waals surface area contributed by atoms with Crippen molar-refractivity contribution in [1.29, 1.82) is 0 Å².